The Balaban J connectivity index is 1.79. The van der Waals surface area contributed by atoms with Gasteiger partial charge in [-0.3, -0.25) is 4.79 Å². The second-order valence-electron chi connectivity index (χ2n) is 8.11. The first-order valence-electron chi connectivity index (χ1n) is 10.9. The van der Waals surface area contributed by atoms with Gasteiger partial charge in [0, 0.05) is 29.0 Å². The summed E-state index contributed by atoms with van der Waals surface area (Å²) in [7, 11) is 3.24. The van der Waals surface area contributed by atoms with Crippen molar-refractivity contribution in [2.24, 2.45) is 0 Å². The Labute approximate surface area is 192 Å². The normalized spacial score (nSPS) is 15.0. The van der Waals surface area contributed by atoms with Gasteiger partial charge in [0.25, 0.3) is 0 Å². The van der Waals surface area contributed by atoms with Gasteiger partial charge in [-0.1, -0.05) is 60.2 Å². The molecular weight excluding hydrogens is 414 g/mol. The Bertz CT molecular complexity index is 1310. The van der Waals surface area contributed by atoms with E-state index >= 15 is 0 Å². The van der Waals surface area contributed by atoms with Crippen LogP contribution in [0.3, 0.4) is 0 Å². The van der Waals surface area contributed by atoms with Crippen LogP contribution < -0.4 is 14.8 Å². The molecule has 4 aromatic rings. The average molecular weight is 440 g/mol. The molecule has 0 bridgehead atoms. The minimum absolute atomic E-state index is 0.0646. The Morgan fingerprint density at radius 3 is 2.39 bits per heavy atom. The zero-order valence-electron chi connectivity index (χ0n) is 18.8. The number of ether oxygens (including phenoxy) is 2. The fraction of sp³-hybridized carbons (Fsp3) is 0.185. The lowest BCUT2D eigenvalue weighted by molar-refractivity contribution is -0.116. The molecule has 6 heteroatoms. The smallest absolute Gasteiger partial charge is 0.226 e. The average Bonchev–Trinajstić information content (AvgIpc) is 3.23. The van der Waals surface area contributed by atoms with Crippen LogP contribution in [-0.4, -0.2) is 29.9 Å². The van der Waals surface area contributed by atoms with Crippen LogP contribution in [0.2, 0.25) is 0 Å². The molecule has 1 aliphatic heterocycles. The number of aromatic nitrogens is 2. The highest BCUT2D eigenvalue weighted by molar-refractivity contribution is 5.97. The standard InChI is InChI=1S/C27H25N3O3/c1-17-12-14-19(15-13-17)30-27-24(25(29-30)18-8-5-4-6-9-18)21(16-23(31)28-27)20-10-7-11-22(32-2)26(20)33-3/h4-15,21H,16H2,1-3H3,(H,28,31)/t21-/m1/s1. The predicted octanol–water partition coefficient (Wildman–Crippen LogP) is 5.34. The zero-order valence-corrected chi connectivity index (χ0v) is 18.8. The van der Waals surface area contributed by atoms with Crippen LogP contribution in [0.4, 0.5) is 5.82 Å². The number of carbonyl (C=O) groups is 1. The number of anilines is 1. The third-order valence-corrected chi connectivity index (χ3v) is 6.05. The lowest BCUT2D eigenvalue weighted by atomic mass is 9.83. The molecule has 1 aromatic heterocycles. The summed E-state index contributed by atoms with van der Waals surface area (Å²) >= 11 is 0. The molecule has 2 heterocycles. The van der Waals surface area contributed by atoms with E-state index in [0.29, 0.717) is 17.3 Å². The van der Waals surface area contributed by atoms with Crippen LogP contribution in [0.5, 0.6) is 11.5 Å². The molecule has 0 radical (unpaired) electrons. The van der Waals surface area contributed by atoms with Gasteiger partial charge in [0.15, 0.2) is 11.5 Å². The lowest BCUT2D eigenvalue weighted by Crippen LogP contribution is -2.25. The van der Waals surface area contributed by atoms with E-state index in [9.17, 15) is 4.79 Å². The molecule has 6 nitrogen and oxygen atoms in total. The van der Waals surface area contributed by atoms with Gasteiger partial charge in [-0.25, -0.2) is 4.68 Å². The number of aryl methyl sites for hydroxylation is 1. The highest BCUT2D eigenvalue weighted by atomic mass is 16.5. The number of rotatable bonds is 5. The van der Waals surface area contributed by atoms with Crippen molar-refractivity contribution in [1.29, 1.82) is 0 Å². The van der Waals surface area contributed by atoms with E-state index in [4.69, 9.17) is 14.6 Å². The Kier molecular flexibility index (Phi) is 5.34. The van der Waals surface area contributed by atoms with Crippen molar-refractivity contribution in [3.8, 4) is 28.4 Å². The second kappa shape index (κ2) is 8.47. The number of fused-ring (bicyclic) bond motifs is 1. The van der Waals surface area contributed by atoms with Crippen LogP contribution in [0.15, 0.2) is 72.8 Å². The van der Waals surface area contributed by atoms with Crippen molar-refractivity contribution < 1.29 is 14.3 Å². The van der Waals surface area contributed by atoms with Crippen LogP contribution in [0.25, 0.3) is 16.9 Å². The summed E-state index contributed by atoms with van der Waals surface area (Å²) in [4.78, 5) is 12.9. The summed E-state index contributed by atoms with van der Waals surface area (Å²) in [6, 6.07) is 23.9. The van der Waals surface area contributed by atoms with Gasteiger partial charge in [-0.05, 0) is 25.1 Å². The monoisotopic (exact) mass is 439 g/mol. The minimum Gasteiger partial charge on any atom is -0.493 e. The molecule has 1 atom stereocenters. The Hall–Kier alpha value is -4.06. The number of hydrogen-bond donors (Lipinski definition) is 1. The number of nitrogens with zero attached hydrogens (tertiary/aromatic N) is 2. The molecule has 3 aromatic carbocycles. The summed E-state index contributed by atoms with van der Waals surface area (Å²) < 4.78 is 13.1. The quantitative estimate of drug-likeness (QED) is 0.456. The number of amides is 1. The Morgan fingerprint density at radius 2 is 1.70 bits per heavy atom. The van der Waals surface area contributed by atoms with Crippen molar-refractivity contribution in [3.63, 3.8) is 0 Å². The summed E-state index contributed by atoms with van der Waals surface area (Å²) in [6.45, 7) is 2.05. The van der Waals surface area contributed by atoms with E-state index in [1.54, 1.807) is 14.2 Å². The van der Waals surface area contributed by atoms with E-state index in [0.717, 1.165) is 33.6 Å². The van der Waals surface area contributed by atoms with E-state index in [1.807, 2.05) is 84.4 Å². The van der Waals surface area contributed by atoms with E-state index in [2.05, 4.69) is 5.32 Å². The van der Waals surface area contributed by atoms with Gasteiger partial charge >= 0.3 is 0 Å². The van der Waals surface area contributed by atoms with Gasteiger partial charge in [0.05, 0.1) is 25.6 Å². The number of methoxy groups -OCH3 is 2. The maximum atomic E-state index is 12.9. The van der Waals surface area contributed by atoms with Crippen molar-refractivity contribution in [1.82, 2.24) is 9.78 Å². The summed E-state index contributed by atoms with van der Waals surface area (Å²) in [5.41, 5.74) is 5.73. The molecule has 1 aliphatic rings. The molecule has 0 saturated heterocycles. The van der Waals surface area contributed by atoms with Crippen LogP contribution >= 0.6 is 0 Å². The van der Waals surface area contributed by atoms with Crippen molar-refractivity contribution in [2.75, 3.05) is 19.5 Å². The zero-order chi connectivity index (χ0) is 22.9. The highest BCUT2D eigenvalue weighted by Gasteiger charge is 2.36. The van der Waals surface area contributed by atoms with Gasteiger partial charge in [-0.2, -0.15) is 5.10 Å². The predicted molar refractivity (Wildman–Crippen MR) is 128 cm³/mol. The molecule has 0 unspecified atom stereocenters. The van der Waals surface area contributed by atoms with E-state index in [-0.39, 0.29) is 18.2 Å². The third-order valence-electron chi connectivity index (χ3n) is 6.05. The number of carbonyl (C=O) groups excluding carboxylic acids is 1. The van der Waals surface area contributed by atoms with Crippen LogP contribution in [-0.2, 0) is 4.79 Å². The maximum absolute atomic E-state index is 12.9. The number of hydrogen-bond acceptors (Lipinski definition) is 4. The number of nitrogens with one attached hydrogen (secondary N) is 1. The van der Waals surface area contributed by atoms with Gasteiger partial charge in [0.1, 0.15) is 5.82 Å². The highest BCUT2D eigenvalue weighted by Crippen LogP contribution is 2.47. The molecule has 1 amide bonds. The molecule has 166 valence electrons. The van der Waals surface area contributed by atoms with Crippen LogP contribution in [0.1, 0.15) is 29.0 Å². The van der Waals surface area contributed by atoms with Crippen molar-refractivity contribution in [2.45, 2.75) is 19.3 Å². The first-order chi connectivity index (χ1) is 16.1. The third kappa shape index (κ3) is 3.63. The molecular formula is C27H25N3O3. The van der Waals surface area contributed by atoms with Crippen LogP contribution in [0, 0.1) is 6.92 Å². The summed E-state index contributed by atoms with van der Waals surface area (Å²) in [6.07, 6.45) is 0.288. The molecule has 0 fully saturated rings. The minimum atomic E-state index is -0.242. The number of benzene rings is 3. The van der Waals surface area contributed by atoms with E-state index < -0.39 is 0 Å². The van der Waals surface area contributed by atoms with Gasteiger partial charge < -0.3 is 14.8 Å². The maximum Gasteiger partial charge on any atom is 0.226 e. The second-order valence-corrected chi connectivity index (χ2v) is 8.11. The largest absolute Gasteiger partial charge is 0.493 e. The summed E-state index contributed by atoms with van der Waals surface area (Å²) in [5.74, 6) is 1.64. The molecule has 5 rings (SSSR count). The fourth-order valence-corrected chi connectivity index (χ4v) is 4.48. The molecule has 33 heavy (non-hydrogen) atoms. The first kappa shape index (κ1) is 20.8. The Morgan fingerprint density at radius 1 is 0.939 bits per heavy atom. The van der Waals surface area contributed by atoms with E-state index in [1.165, 1.54) is 0 Å². The van der Waals surface area contributed by atoms with Crippen molar-refractivity contribution in [3.05, 3.63) is 89.5 Å². The SMILES string of the molecule is COc1cccc([C@H]2CC(=O)Nc3c2c(-c2ccccc2)nn3-c2ccc(C)cc2)c1OC. The van der Waals surface area contributed by atoms with Gasteiger partial charge in [-0.15, -0.1) is 0 Å². The topological polar surface area (TPSA) is 65.4 Å². The molecule has 0 spiro atoms. The number of para-hydroxylation sites is 1. The summed E-state index contributed by atoms with van der Waals surface area (Å²) in [5, 5.41) is 8.09. The lowest BCUT2D eigenvalue weighted by Gasteiger charge is -2.26. The van der Waals surface area contributed by atoms with Crippen molar-refractivity contribution >= 4 is 11.7 Å². The molecule has 1 N–H and O–H groups in total. The molecule has 0 saturated carbocycles. The van der Waals surface area contributed by atoms with Gasteiger partial charge in [0.2, 0.25) is 5.91 Å². The molecule has 0 aliphatic carbocycles. The fourth-order valence-electron chi connectivity index (χ4n) is 4.48. The first-order valence-corrected chi connectivity index (χ1v) is 10.9.